The Bertz CT molecular complexity index is 691. The molecule has 0 aromatic heterocycles. The predicted octanol–water partition coefficient (Wildman–Crippen LogP) is 4.54. The summed E-state index contributed by atoms with van der Waals surface area (Å²) in [6.07, 6.45) is 1.19. The van der Waals surface area contributed by atoms with Crippen LogP contribution in [-0.4, -0.2) is 41.3 Å². The Hall–Kier alpha value is -0.300. The topological polar surface area (TPSA) is 84.9 Å². The van der Waals surface area contributed by atoms with Gasteiger partial charge in [-0.25, -0.2) is 9.59 Å². The van der Waals surface area contributed by atoms with Gasteiger partial charge >= 0.3 is 12.1 Å². The van der Waals surface area contributed by atoms with E-state index in [-0.39, 0.29) is 12.2 Å². The van der Waals surface area contributed by atoms with E-state index >= 15 is 0 Å². The smallest absolute Gasteiger partial charge is 0.408 e. The number of phenols is 1. The van der Waals surface area contributed by atoms with Crippen LogP contribution in [0.4, 0.5) is 4.79 Å². The minimum absolute atomic E-state index is 0.235. The maximum absolute atomic E-state index is 12.2. The number of esters is 1. The van der Waals surface area contributed by atoms with E-state index in [1.807, 2.05) is 6.07 Å². The lowest BCUT2D eigenvalue weighted by Crippen LogP contribution is -2.45. The van der Waals surface area contributed by atoms with Crippen molar-refractivity contribution in [3.8, 4) is 5.75 Å². The fourth-order valence-electron chi connectivity index (χ4n) is 2.40. The molecule has 0 heterocycles. The molecule has 0 spiro atoms. The first kappa shape index (κ1) is 24.7. The minimum atomic E-state index is -0.885. The maximum Gasteiger partial charge on any atom is 0.408 e. The van der Waals surface area contributed by atoms with E-state index in [2.05, 4.69) is 66.4 Å². The zero-order chi connectivity index (χ0) is 20.8. The average molecular weight is 668 g/mol. The van der Waals surface area contributed by atoms with Crippen LogP contribution >= 0.6 is 61.1 Å². The number of halogens is 3. The van der Waals surface area contributed by atoms with E-state index in [1.165, 1.54) is 7.11 Å². The van der Waals surface area contributed by atoms with Crippen molar-refractivity contribution < 1.29 is 24.2 Å². The summed E-state index contributed by atoms with van der Waals surface area (Å²) in [4.78, 5) is 24.4. The summed E-state index contributed by atoms with van der Waals surface area (Å²) in [6, 6.07) is 0.956. The van der Waals surface area contributed by atoms with Crippen LogP contribution in [0.25, 0.3) is 0 Å². The van der Waals surface area contributed by atoms with Crippen LogP contribution in [0.1, 0.15) is 38.3 Å². The number of alkyl carbamates (subject to hydrolysis) is 1. The number of methoxy groups -OCH3 is 1. The van der Waals surface area contributed by atoms with Crippen LogP contribution in [0.15, 0.2) is 6.07 Å². The highest BCUT2D eigenvalue weighted by Gasteiger charge is 2.27. The highest BCUT2D eigenvalue weighted by molar-refractivity contribution is 14.1. The van der Waals surface area contributed by atoms with Crippen molar-refractivity contribution in [3.63, 3.8) is 0 Å². The summed E-state index contributed by atoms with van der Waals surface area (Å²) in [5, 5.41) is 13.7. The van der Waals surface area contributed by atoms with Gasteiger partial charge in [0.1, 0.15) is 17.4 Å². The van der Waals surface area contributed by atoms with E-state index in [1.54, 1.807) is 20.8 Å². The van der Waals surface area contributed by atoms with Gasteiger partial charge in [-0.2, -0.15) is 0 Å². The van der Waals surface area contributed by atoms with Crippen molar-refractivity contribution >= 4 is 73.2 Å². The molecule has 0 saturated carbocycles. The summed E-state index contributed by atoms with van der Waals surface area (Å²) in [7, 11) is 1.28. The second kappa shape index (κ2) is 11.0. The molecule has 6 nitrogen and oxygen atoms in total. The van der Waals surface area contributed by atoms with Gasteiger partial charge in [0, 0.05) is 11.8 Å². The van der Waals surface area contributed by atoms with Crippen LogP contribution in [0.2, 0.25) is 0 Å². The van der Waals surface area contributed by atoms with Crippen molar-refractivity contribution in [2.45, 2.75) is 51.7 Å². The van der Waals surface area contributed by atoms with Crippen LogP contribution in [0.3, 0.4) is 0 Å². The number of alkyl halides is 1. The Morgan fingerprint density at radius 1 is 1.33 bits per heavy atom. The number of hydrogen-bond acceptors (Lipinski definition) is 5. The van der Waals surface area contributed by atoms with Crippen LogP contribution < -0.4 is 5.32 Å². The van der Waals surface area contributed by atoms with E-state index in [0.717, 1.165) is 32.9 Å². The third-order valence-corrected chi connectivity index (χ3v) is 6.09. The molecule has 0 aliphatic rings. The Kier molecular flexibility index (Phi) is 10.1. The number of ether oxygens (including phenoxy) is 2. The predicted molar refractivity (Wildman–Crippen MR) is 125 cm³/mol. The van der Waals surface area contributed by atoms with E-state index in [9.17, 15) is 14.7 Å². The first-order valence-corrected chi connectivity index (χ1v) is 11.6. The van der Waals surface area contributed by atoms with Gasteiger partial charge in [0.25, 0.3) is 0 Å². The molecule has 0 radical (unpaired) electrons. The zero-order valence-corrected chi connectivity index (χ0v) is 21.6. The number of benzene rings is 1. The molecule has 1 atom stereocenters. The van der Waals surface area contributed by atoms with Gasteiger partial charge in [-0.15, -0.1) is 0 Å². The molecule has 0 aliphatic heterocycles. The summed E-state index contributed by atoms with van der Waals surface area (Å²) in [5.41, 5.74) is 1.18. The lowest BCUT2D eigenvalue weighted by atomic mass is 9.97. The summed E-state index contributed by atoms with van der Waals surface area (Å²) < 4.78 is 11.6. The molecule has 9 heteroatoms. The monoisotopic (exact) mass is 667 g/mol. The Morgan fingerprint density at radius 2 is 1.96 bits per heavy atom. The second-order valence-corrected chi connectivity index (χ2v) is 9.91. The number of hydrogen-bond donors (Lipinski definition) is 2. The van der Waals surface area contributed by atoms with Gasteiger partial charge in [-0.05, 0) is 96.0 Å². The first-order valence-electron chi connectivity index (χ1n) is 8.32. The van der Waals surface area contributed by atoms with Crippen molar-refractivity contribution in [1.29, 1.82) is 0 Å². The molecule has 27 heavy (non-hydrogen) atoms. The van der Waals surface area contributed by atoms with Gasteiger partial charge in [-0.1, -0.05) is 15.9 Å². The molecule has 152 valence electrons. The number of carbonyl (C=O) groups excluding carboxylic acids is 2. The van der Waals surface area contributed by atoms with Crippen LogP contribution in [0.5, 0.6) is 5.75 Å². The third-order valence-electron chi connectivity index (χ3n) is 3.55. The number of nitrogens with one attached hydrogen (secondary N) is 1. The molecule has 0 aliphatic carbocycles. The number of amides is 1. The number of rotatable bonds is 7. The number of carbonyl (C=O) groups is 2. The summed E-state index contributed by atoms with van der Waals surface area (Å²) >= 11 is 7.59. The Labute approximate surface area is 195 Å². The molecular weight excluding hydrogens is 644 g/mol. The number of phenolic OH excluding ortho intramolecular Hbond substituents is 1. The lowest BCUT2D eigenvalue weighted by Gasteiger charge is -2.23. The highest BCUT2D eigenvalue weighted by Crippen LogP contribution is 2.33. The van der Waals surface area contributed by atoms with Gasteiger partial charge < -0.3 is 19.9 Å². The molecule has 1 amide bonds. The third kappa shape index (κ3) is 7.92. The number of aromatic hydroxyl groups is 1. The minimum Gasteiger partial charge on any atom is -0.506 e. The molecule has 1 rings (SSSR count). The van der Waals surface area contributed by atoms with E-state index in [4.69, 9.17) is 9.47 Å². The Morgan fingerprint density at radius 3 is 2.48 bits per heavy atom. The fourth-order valence-corrected chi connectivity index (χ4v) is 4.75. The second-order valence-electron chi connectivity index (χ2n) is 6.88. The average Bonchev–Trinajstić information content (AvgIpc) is 2.56. The zero-order valence-electron chi connectivity index (χ0n) is 15.7. The van der Waals surface area contributed by atoms with E-state index in [0.29, 0.717) is 3.57 Å². The van der Waals surface area contributed by atoms with Gasteiger partial charge in [-0.3, -0.25) is 0 Å². The normalized spacial score (nSPS) is 12.4. The van der Waals surface area contributed by atoms with Gasteiger partial charge in [0.05, 0.1) is 14.3 Å². The maximum atomic E-state index is 12.2. The molecule has 0 bridgehead atoms. The first-order chi connectivity index (χ1) is 12.5. The van der Waals surface area contributed by atoms with Crippen molar-refractivity contribution in [3.05, 3.63) is 24.3 Å². The van der Waals surface area contributed by atoms with Gasteiger partial charge in [0.2, 0.25) is 0 Å². The van der Waals surface area contributed by atoms with Crippen molar-refractivity contribution in [2.75, 3.05) is 12.4 Å². The molecule has 0 saturated heterocycles. The van der Waals surface area contributed by atoms with Crippen molar-refractivity contribution in [2.24, 2.45) is 0 Å². The fraction of sp³-hybridized carbons (Fsp3) is 0.556. The largest absolute Gasteiger partial charge is 0.506 e. The quantitative estimate of drug-likeness (QED) is 0.254. The molecule has 0 unspecified atom stereocenters. The van der Waals surface area contributed by atoms with Crippen LogP contribution in [0, 0.1) is 7.14 Å². The molecule has 0 fully saturated rings. The van der Waals surface area contributed by atoms with Crippen molar-refractivity contribution in [1.82, 2.24) is 5.32 Å². The lowest BCUT2D eigenvalue weighted by molar-refractivity contribution is -0.143. The molecule has 1 aromatic rings. The summed E-state index contributed by atoms with van der Waals surface area (Å²) in [5.74, 6) is -0.315. The van der Waals surface area contributed by atoms with Gasteiger partial charge in [0.15, 0.2) is 0 Å². The van der Waals surface area contributed by atoms with E-state index < -0.39 is 23.7 Å². The summed E-state index contributed by atoms with van der Waals surface area (Å²) in [6.45, 7) is 5.26. The standard InChI is InChI=1S/C18H24BrI2NO5/c1-18(2,3)27-17(25)22-13(16(24)26-4)9-10-8-12(20)15(23)14(21)11(10)6-5-7-19/h8,13,23H,5-7,9H2,1-4H3,(H,22,25)/t13-/m0/s1. The SMILES string of the molecule is COC(=O)[C@H](Cc1cc(I)c(O)c(I)c1CCCBr)NC(=O)OC(C)(C)C. The van der Waals surface area contributed by atoms with Crippen LogP contribution in [-0.2, 0) is 27.1 Å². The molecule has 2 N–H and O–H groups in total. The Balaban J connectivity index is 3.17. The highest BCUT2D eigenvalue weighted by atomic mass is 127. The molecular formula is C18H24BrI2NO5. The molecule has 1 aromatic carbocycles.